The predicted octanol–water partition coefficient (Wildman–Crippen LogP) is 0.0540. The van der Waals surface area contributed by atoms with Gasteiger partial charge in [0.2, 0.25) is 12.4 Å². The van der Waals surface area contributed by atoms with Crippen LogP contribution in [0.2, 0.25) is 0 Å². The molecule has 0 spiro atoms. The zero-order chi connectivity index (χ0) is 20.7. The molecule has 0 saturated carbocycles. The summed E-state index contributed by atoms with van der Waals surface area (Å²) in [5, 5.41) is 0. The maximum atomic E-state index is 14.6. The number of methoxy groups -OCH3 is 1. The van der Waals surface area contributed by atoms with E-state index >= 15 is 0 Å². The number of hydrogen-bond acceptors (Lipinski definition) is 10. The van der Waals surface area contributed by atoms with E-state index < -0.39 is 67.4 Å². The Morgan fingerprint density at radius 3 is 1.70 bits per heavy atom. The van der Waals surface area contributed by atoms with Crippen LogP contribution in [0.5, 0.6) is 0 Å². The summed E-state index contributed by atoms with van der Waals surface area (Å²) in [5.74, 6) is -3.27. The van der Waals surface area contributed by atoms with Gasteiger partial charge in [-0.3, -0.25) is 19.2 Å². The average molecular weight is 394 g/mol. The van der Waals surface area contributed by atoms with E-state index in [9.17, 15) is 23.6 Å². The van der Waals surface area contributed by atoms with Crippen LogP contribution in [-0.2, 0) is 47.6 Å². The Morgan fingerprint density at radius 1 is 0.815 bits per heavy atom. The van der Waals surface area contributed by atoms with Crippen LogP contribution in [0.3, 0.4) is 0 Å². The normalized spacial score (nSPS) is 28.6. The summed E-state index contributed by atoms with van der Waals surface area (Å²) in [4.78, 5) is 45.9. The highest BCUT2D eigenvalue weighted by molar-refractivity contribution is 5.69. The van der Waals surface area contributed by atoms with Gasteiger partial charge in [0.25, 0.3) is 0 Å². The number of alkyl halides is 1. The van der Waals surface area contributed by atoms with Crippen molar-refractivity contribution in [2.75, 3.05) is 13.7 Å². The van der Waals surface area contributed by atoms with Crippen LogP contribution in [0.4, 0.5) is 4.39 Å². The van der Waals surface area contributed by atoms with E-state index in [0.29, 0.717) is 0 Å². The molecule has 0 amide bonds. The van der Waals surface area contributed by atoms with Crippen molar-refractivity contribution in [1.82, 2.24) is 0 Å². The lowest BCUT2D eigenvalue weighted by Gasteiger charge is -2.44. The maximum Gasteiger partial charge on any atom is 0.305 e. The van der Waals surface area contributed by atoms with Gasteiger partial charge in [0.05, 0.1) is 6.61 Å². The lowest BCUT2D eigenvalue weighted by Crippen LogP contribution is -2.64. The fraction of sp³-hybridized carbons (Fsp3) is 0.750. The van der Waals surface area contributed by atoms with Gasteiger partial charge in [-0.05, 0) is 0 Å². The minimum atomic E-state index is -1.84. The van der Waals surface area contributed by atoms with Gasteiger partial charge in [-0.1, -0.05) is 0 Å². The van der Waals surface area contributed by atoms with Crippen molar-refractivity contribution in [3.05, 3.63) is 0 Å². The van der Waals surface area contributed by atoms with Crippen molar-refractivity contribution in [1.29, 1.82) is 0 Å². The molecule has 1 fully saturated rings. The molecule has 11 heteroatoms. The smallest absolute Gasteiger partial charge is 0.305 e. The summed E-state index contributed by atoms with van der Waals surface area (Å²) in [5.41, 5.74) is 0. The monoisotopic (exact) mass is 394 g/mol. The highest BCUT2D eigenvalue weighted by atomic mass is 19.1. The van der Waals surface area contributed by atoms with E-state index in [1.54, 1.807) is 0 Å². The Morgan fingerprint density at radius 2 is 1.26 bits per heavy atom. The summed E-state index contributed by atoms with van der Waals surface area (Å²) in [6.07, 6.45) is -9.39. The van der Waals surface area contributed by atoms with Crippen LogP contribution in [0, 0.1) is 0 Å². The lowest BCUT2D eigenvalue weighted by atomic mass is 9.95. The third-order valence-electron chi connectivity index (χ3n) is 3.40. The van der Waals surface area contributed by atoms with Crippen molar-refractivity contribution in [2.45, 2.75) is 64.6 Å². The summed E-state index contributed by atoms with van der Waals surface area (Å²) in [7, 11) is 1.24. The average Bonchev–Trinajstić information content (AvgIpc) is 2.51. The maximum absolute atomic E-state index is 14.6. The first-order chi connectivity index (χ1) is 12.6. The highest BCUT2D eigenvalue weighted by Gasteiger charge is 2.55. The first-order valence-electron chi connectivity index (χ1n) is 8.04. The number of carbonyl (C=O) groups excluding carboxylic acids is 4. The molecule has 1 aliphatic heterocycles. The highest BCUT2D eigenvalue weighted by Crippen LogP contribution is 2.32. The first kappa shape index (κ1) is 22.8. The molecule has 0 aromatic carbocycles. The Kier molecular flexibility index (Phi) is 8.57. The Labute approximate surface area is 155 Å². The van der Waals surface area contributed by atoms with Crippen LogP contribution in [0.25, 0.3) is 0 Å². The molecular formula is C16H23FO10. The molecule has 6 atom stereocenters. The van der Waals surface area contributed by atoms with E-state index in [2.05, 4.69) is 0 Å². The van der Waals surface area contributed by atoms with Crippen LogP contribution < -0.4 is 0 Å². The molecule has 10 nitrogen and oxygen atoms in total. The summed E-state index contributed by atoms with van der Waals surface area (Å²) >= 11 is 0. The van der Waals surface area contributed by atoms with E-state index in [0.717, 1.165) is 27.7 Å². The Hall–Kier alpha value is -2.27. The van der Waals surface area contributed by atoms with Gasteiger partial charge in [-0.25, -0.2) is 4.39 Å². The minimum Gasteiger partial charge on any atom is -0.456 e. The molecular weight excluding hydrogens is 371 g/mol. The van der Waals surface area contributed by atoms with Gasteiger partial charge in [0.15, 0.2) is 18.4 Å². The zero-order valence-electron chi connectivity index (χ0n) is 15.6. The topological polar surface area (TPSA) is 124 Å². The zero-order valence-corrected chi connectivity index (χ0v) is 15.6. The first-order valence-corrected chi connectivity index (χ1v) is 8.04. The Balaban J connectivity index is 3.35. The van der Waals surface area contributed by atoms with E-state index in [1.165, 1.54) is 7.11 Å². The second-order valence-electron chi connectivity index (χ2n) is 5.77. The third-order valence-corrected chi connectivity index (χ3v) is 3.40. The number of halogens is 1. The Bertz CT molecular complexity index is 565. The number of carbonyl (C=O) groups is 4. The molecule has 1 rings (SSSR count). The molecule has 1 saturated heterocycles. The van der Waals surface area contributed by atoms with Gasteiger partial charge in [-0.2, -0.15) is 0 Å². The van der Waals surface area contributed by atoms with E-state index in [-0.39, 0.29) is 0 Å². The number of hydrogen-bond donors (Lipinski definition) is 0. The fourth-order valence-electron chi connectivity index (χ4n) is 2.61. The van der Waals surface area contributed by atoms with Crippen molar-refractivity contribution < 1.29 is 52.0 Å². The van der Waals surface area contributed by atoms with Gasteiger partial charge in [0.1, 0.15) is 6.10 Å². The van der Waals surface area contributed by atoms with Crippen molar-refractivity contribution >= 4 is 23.9 Å². The largest absolute Gasteiger partial charge is 0.456 e. The molecule has 0 bridgehead atoms. The fourth-order valence-corrected chi connectivity index (χ4v) is 2.61. The van der Waals surface area contributed by atoms with Gasteiger partial charge in [-0.15, -0.1) is 0 Å². The molecule has 154 valence electrons. The predicted molar refractivity (Wildman–Crippen MR) is 83.9 cm³/mol. The minimum absolute atomic E-state index is 0.444. The molecule has 0 N–H and O–H groups in total. The molecule has 0 aliphatic carbocycles. The van der Waals surface area contributed by atoms with Crippen LogP contribution in [-0.4, -0.2) is 74.5 Å². The summed E-state index contributed by atoms with van der Waals surface area (Å²) in [6.45, 7) is 3.80. The van der Waals surface area contributed by atoms with Gasteiger partial charge < -0.3 is 28.4 Å². The second kappa shape index (κ2) is 10.2. The molecule has 1 heterocycles. The molecule has 0 radical (unpaired) electrons. The molecule has 0 aromatic rings. The van der Waals surface area contributed by atoms with Crippen LogP contribution >= 0.6 is 0 Å². The third kappa shape index (κ3) is 6.75. The number of ether oxygens (including phenoxy) is 6. The molecule has 27 heavy (non-hydrogen) atoms. The molecule has 2 unspecified atom stereocenters. The SMILES string of the molecule is COC[C@H](F)C1O[C@@H](OC(C)=O)[C@H](OC(C)=O)C(OC(C)=O)[C@@H]1OC(C)=O. The standard InChI is InChI=1S/C16H23FO10/c1-7(18)23-13-12(11(17)6-22-5)27-16(26-10(4)21)15(25-9(3)20)14(13)24-8(2)19/h11-16H,6H2,1-5H3/t11-,12?,13+,14?,15+,16+/m0/s1. The van der Waals surface area contributed by atoms with Crippen LogP contribution in [0.1, 0.15) is 27.7 Å². The van der Waals surface area contributed by atoms with Gasteiger partial charge in [0, 0.05) is 34.8 Å². The van der Waals surface area contributed by atoms with Crippen molar-refractivity contribution in [2.24, 2.45) is 0 Å². The second-order valence-corrected chi connectivity index (χ2v) is 5.77. The summed E-state index contributed by atoms with van der Waals surface area (Å²) in [6, 6.07) is 0. The van der Waals surface area contributed by atoms with Crippen LogP contribution in [0.15, 0.2) is 0 Å². The molecule has 0 aromatic heterocycles. The van der Waals surface area contributed by atoms with Crippen molar-refractivity contribution in [3.8, 4) is 0 Å². The number of esters is 4. The summed E-state index contributed by atoms with van der Waals surface area (Å²) < 4.78 is 44.9. The van der Waals surface area contributed by atoms with E-state index in [4.69, 9.17) is 28.4 Å². The lowest BCUT2D eigenvalue weighted by molar-refractivity contribution is -0.305. The van der Waals surface area contributed by atoms with Crippen molar-refractivity contribution in [3.63, 3.8) is 0 Å². The number of rotatable bonds is 7. The van der Waals surface area contributed by atoms with E-state index in [1.807, 2.05) is 0 Å². The van der Waals surface area contributed by atoms with Gasteiger partial charge >= 0.3 is 23.9 Å². The quantitative estimate of drug-likeness (QED) is 0.432. The molecule has 1 aliphatic rings.